The van der Waals surface area contributed by atoms with Gasteiger partial charge in [0.25, 0.3) is 5.91 Å². The molecular weight excluding hydrogens is 378 g/mol. The first-order chi connectivity index (χ1) is 14.2. The van der Waals surface area contributed by atoms with Crippen molar-refractivity contribution >= 4 is 17.7 Å². The highest BCUT2D eigenvalue weighted by molar-refractivity contribution is 5.95. The third kappa shape index (κ3) is 6.07. The van der Waals surface area contributed by atoms with Gasteiger partial charge in [-0.15, -0.1) is 0 Å². The predicted octanol–water partition coefficient (Wildman–Crippen LogP) is 2.88. The molecule has 2 aromatic carbocycles. The fourth-order valence-corrected chi connectivity index (χ4v) is 3.58. The highest BCUT2D eigenvalue weighted by Crippen LogP contribution is 2.14. The van der Waals surface area contributed by atoms with Gasteiger partial charge in [0.1, 0.15) is 12.1 Å². The van der Waals surface area contributed by atoms with Crippen molar-refractivity contribution in [1.29, 1.82) is 0 Å². The standard InChI is InChI=1S/C24H31N3O3/c1-18-7-5-6-8-20(18)17-26-13-15-27(16-14-26)22(28)19-9-11-21(12-10-19)25-23(29)30-24(2,3)4/h5-12H,13-17H2,1-4H3,(H,25,29)/p+1. The Kier molecular flexibility index (Phi) is 6.77. The van der Waals surface area contributed by atoms with E-state index >= 15 is 0 Å². The van der Waals surface area contributed by atoms with Crippen molar-refractivity contribution in [2.24, 2.45) is 0 Å². The average molecular weight is 411 g/mol. The molecule has 160 valence electrons. The van der Waals surface area contributed by atoms with E-state index in [-0.39, 0.29) is 5.91 Å². The number of rotatable bonds is 4. The molecule has 2 amide bonds. The molecule has 1 saturated heterocycles. The smallest absolute Gasteiger partial charge is 0.412 e. The number of carbonyl (C=O) groups is 2. The fourth-order valence-electron chi connectivity index (χ4n) is 3.58. The van der Waals surface area contributed by atoms with E-state index in [4.69, 9.17) is 4.74 Å². The van der Waals surface area contributed by atoms with E-state index in [1.54, 1.807) is 24.3 Å². The van der Waals surface area contributed by atoms with E-state index in [1.165, 1.54) is 16.0 Å². The highest BCUT2D eigenvalue weighted by Gasteiger charge is 2.25. The van der Waals surface area contributed by atoms with E-state index in [0.717, 1.165) is 32.7 Å². The van der Waals surface area contributed by atoms with E-state index < -0.39 is 11.7 Å². The van der Waals surface area contributed by atoms with Crippen molar-refractivity contribution in [3.63, 3.8) is 0 Å². The number of quaternary nitrogens is 1. The summed E-state index contributed by atoms with van der Waals surface area (Å²) in [5.41, 5.74) is 3.38. The first-order valence-electron chi connectivity index (χ1n) is 10.5. The van der Waals surface area contributed by atoms with E-state index in [9.17, 15) is 9.59 Å². The molecule has 1 heterocycles. The predicted molar refractivity (Wildman–Crippen MR) is 118 cm³/mol. The maximum absolute atomic E-state index is 12.8. The third-order valence-electron chi connectivity index (χ3n) is 5.24. The van der Waals surface area contributed by atoms with Crippen molar-refractivity contribution in [2.75, 3.05) is 31.5 Å². The van der Waals surface area contributed by atoms with Gasteiger partial charge in [-0.2, -0.15) is 0 Å². The number of piperazine rings is 1. The molecule has 3 rings (SSSR count). The summed E-state index contributed by atoms with van der Waals surface area (Å²) in [5, 5.41) is 2.69. The zero-order chi connectivity index (χ0) is 21.7. The van der Waals surface area contributed by atoms with Crippen molar-refractivity contribution in [1.82, 2.24) is 4.90 Å². The molecule has 0 aromatic heterocycles. The number of nitrogens with one attached hydrogen (secondary N) is 2. The number of aryl methyl sites for hydroxylation is 1. The van der Waals surface area contributed by atoms with Gasteiger partial charge in [-0.3, -0.25) is 10.1 Å². The summed E-state index contributed by atoms with van der Waals surface area (Å²) in [6.45, 7) is 12.0. The van der Waals surface area contributed by atoms with Crippen molar-refractivity contribution in [2.45, 2.75) is 39.8 Å². The Morgan fingerprint density at radius 2 is 1.67 bits per heavy atom. The van der Waals surface area contributed by atoms with Crippen LogP contribution in [0.4, 0.5) is 10.5 Å². The van der Waals surface area contributed by atoms with Gasteiger partial charge in [-0.05, 0) is 57.5 Å². The topological polar surface area (TPSA) is 63.1 Å². The lowest BCUT2D eigenvalue weighted by atomic mass is 10.1. The second kappa shape index (κ2) is 9.30. The summed E-state index contributed by atoms with van der Waals surface area (Å²) in [4.78, 5) is 28.1. The Balaban J connectivity index is 1.51. The zero-order valence-corrected chi connectivity index (χ0v) is 18.3. The van der Waals surface area contributed by atoms with Crippen LogP contribution >= 0.6 is 0 Å². The Hall–Kier alpha value is -2.86. The number of hydrogen-bond acceptors (Lipinski definition) is 3. The molecule has 0 atom stereocenters. The monoisotopic (exact) mass is 410 g/mol. The maximum atomic E-state index is 12.8. The van der Waals surface area contributed by atoms with Crippen LogP contribution in [0.1, 0.15) is 42.3 Å². The molecule has 6 nitrogen and oxygen atoms in total. The molecule has 6 heteroatoms. The van der Waals surface area contributed by atoms with Gasteiger partial charge in [0.2, 0.25) is 0 Å². The van der Waals surface area contributed by atoms with E-state index in [2.05, 4.69) is 36.5 Å². The largest absolute Gasteiger partial charge is 0.444 e. The number of anilines is 1. The molecule has 0 aliphatic carbocycles. The first kappa shape index (κ1) is 21.8. The molecule has 2 aromatic rings. The van der Waals surface area contributed by atoms with Crippen LogP contribution in [0.25, 0.3) is 0 Å². The SMILES string of the molecule is Cc1ccccc1C[NH+]1CCN(C(=O)c2ccc(NC(=O)OC(C)(C)C)cc2)CC1. The molecule has 0 spiro atoms. The molecule has 30 heavy (non-hydrogen) atoms. The fraction of sp³-hybridized carbons (Fsp3) is 0.417. The van der Waals surface area contributed by atoms with Crippen molar-refractivity contribution < 1.29 is 19.2 Å². The van der Waals surface area contributed by atoms with Crippen LogP contribution in [-0.4, -0.2) is 48.7 Å². The maximum Gasteiger partial charge on any atom is 0.412 e. The quantitative estimate of drug-likeness (QED) is 0.815. The second-order valence-corrected chi connectivity index (χ2v) is 8.85. The second-order valence-electron chi connectivity index (χ2n) is 8.85. The minimum atomic E-state index is -0.552. The first-order valence-corrected chi connectivity index (χ1v) is 10.5. The van der Waals surface area contributed by atoms with Crippen LogP contribution in [0.2, 0.25) is 0 Å². The molecule has 1 aliphatic heterocycles. The van der Waals surface area contributed by atoms with Crippen LogP contribution < -0.4 is 10.2 Å². The summed E-state index contributed by atoms with van der Waals surface area (Å²) in [5.74, 6) is 0.0359. The van der Waals surface area contributed by atoms with Gasteiger partial charge in [0.15, 0.2) is 0 Å². The molecule has 2 N–H and O–H groups in total. The lowest BCUT2D eigenvalue weighted by Gasteiger charge is -2.32. The molecular formula is C24H32N3O3+. The summed E-state index contributed by atoms with van der Waals surface area (Å²) in [6.07, 6.45) is -0.505. The van der Waals surface area contributed by atoms with Gasteiger partial charge >= 0.3 is 6.09 Å². The minimum absolute atomic E-state index is 0.0359. The summed E-state index contributed by atoms with van der Waals surface area (Å²) in [6, 6.07) is 15.5. The van der Waals surface area contributed by atoms with Gasteiger partial charge in [-0.25, -0.2) is 4.79 Å². The lowest BCUT2D eigenvalue weighted by Crippen LogP contribution is -3.13. The van der Waals surface area contributed by atoms with Crippen molar-refractivity contribution in [3.05, 3.63) is 65.2 Å². The number of carbonyl (C=O) groups excluding carboxylic acids is 2. The molecule has 0 unspecified atom stereocenters. The zero-order valence-electron chi connectivity index (χ0n) is 18.3. The molecule has 0 radical (unpaired) electrons. The Morgan fingerprint density at radius 3 is 2.27 bits per heavy atom. The Morgan fingerprint density at radius 1 is 1.03 bits per heavy atom. The summed E-state index contributed by atoms with van der Waals surface area (Å²) in [7, 11) is 0. The van der Waals surface area contributed by atoms with Crippen LogP contribution in [0.3, 0.4) is 0 Å². The number of benzene rings is 2. The number of amides is 2. The minimum Gasteiger partial charge on any atom is -0.444 e. The number of ether oxygens (including phenoxy) is 1. The van der Waals surface area contributed by atoms with Crippen LogP contribution in [0, 0.1) is 6.92 Å². The summed E-state index contributed by atoms with van der Waals surface area (Å²) < 4.78 is 5.25. The van der Waals surface area contributed by atoms with Crippen LogP contribution in [-0.2, 0) is 11.3 Å². The van der Waals surface area contributed by atoms with E-state index in [1.807, 2.05) is 25.7 Å². The van der Waals surface area contributed by atoms with Crippen molar-refractivity contribution in [3.8, 4) is 0 Å². The van der Waals surface area contributed by atoms with Crippen LogP contribution in [0.15, 0.2) is 48.5 Å². The average Bonchev–Trinajstić information content (AvgIpc) is 2.69. The van der Waals surface area contributed by atoms with Gasteiger partial charge in [0, 0.05) is 16.8 Å². The molecule has 1 aliphatic rings. The summed E-state index contributed by atoms with van der Waals surface area (Å²) >= 11 is 0. The third-order valence-corrected chi connectivity index (χ3v) is 5.24. The van der Waals surface area contributed by atoms with Gasteiger partial charge in [-0.1, -0.05) is 24.3 Å². The van der Waals surface area contributed by atoms with Gasteiger partial charge in [0.05, 0.1) is 26.2 Å². The Labute approximate surface area is 178 Å². The highest BCUT2D eigenvalue weighted by atomic mass is 16.6. The molecule has 0 saturated carbocycles. The van der Waals surface area contributed by atoms with E-state index in [0.29, 0.717) is 11.3 Å². The van der Waals surface area contributed by atoms with Gasteiger partial charge < -0.3 is 14.5 Å². The van der Waals surface area contributed by atoms with Crippen LogP contribution in [0.5, 0.6) is 0 Å². The number of hydrogen-bond donors (Lipinski definition) is 2. The lowest BCUT2D eigenvalue weighted by molar-refractivity contribution is -0.917. The molecule has 0 bridgehead atoms. The molecule has 1 fully saturated rings. The number of nitrogens with zero attached hydrogens (tertiary/aromatic N) is 1. The normalized spacial score (nSPS) is 15.0. The Bertz CT molecular complexity index is 879.